The molecule has 0 radical (unpaired) electrons. The van der Waals surface area contributed by atoms with Gasteiger partial charge in [-0.15, -0.1) is 0 Å². The molecule has 6 nitrogen and oxygen atoms in total. The van der Waals surface area contributed by atoms with Crippen molar-refractivity contribution >= 4 is 11.0 Å². The predicted octanol–water partition coefficient (Wildman–Crippen LogP) is 2.49. The molecule has 1 aliphatic rings. The quantitative estimate of drug-likeness (QED) is 0.766. The number of aryl methyl sites for hydroxylation is 2. The highest BCUT2D eigenvalue weighted by atomic mass is 16.3. The lowest BCUT2D eigenvalue weighted by molar-refractivity contribution is 0.190. The van der Waals surface area contributed by atoms with Gasteiger partial charge >= 0.3 is 0 Å². The third kappa shape index (κ3) is 3.07. The molecular weight excluding hydrogens is 314 g/mol. The minimum Gasteiger partial charge on any atom is -0.387 e. The van der Waals surface area contributed by atoms with E-state index >= 15 is 0 Å². The molecule has 0 aliphatic carbocycles. The fourth-order valence-corrected chi connectivity index (χ4v) is 3.48. The molecule has 1 unspecified atom stereocenters. The fraction of sp³-hybridized carbons (Fsp3) is 0.474. The van der Waals surface area contributed by atoms with Crippen molar-refractivity contribution in [2.75, 3.05) is 13.1 Å². The minimum atomic E-state index is -0.506. The predicted molar refractivity (Wildman–Crippen MR) is 97.4 cm³/mol. The summed E-state index contributed by atoms with van der Waals surface area (Å²) in [5.74, 6) is 1.05. The average Bonchev–Trinajstić information content (AvgIpc) is 3.20. The Morgan fingerprint density at radius 1 is 1.28 bits per heavy atom. The van der Waals surface area contributed by atoms with Gasteiger partial charge in [-0.1, -0.05) is 6.07 Å². The molecule has 4 rings (SSSR count). The van der Waals surface area contributed by atoms with Gasteiger partial charge in [-0.25, -0.2) is 4.98 Å². The summed E-state index contributed by atoms with van der Waals surface area (Å²) in [6.45, 7) is 9.71. The third-order valence-electron chi connectivity index (χ3n) is 5.22. The van der Waals surface area contributed by atoms with Crippen LogP contribution in [0.3, 0.4) is 0 Å². The molecule has 0 bridgehead atoms. The van der Waals surface area contributed by atoms with Crippen molar-refractivity contribution in [2.24, 2.45) is 0 Å². The van der Waals surface area contributed by atoms with Crippen LogP contribution in [-0.2, 0) is 19.5 Å². The highest BCUT2D eigenvalue weighted by Crippen LogP contribution is 2.21. The van der Waals surface area contributed by atoms with Gasteiger partial charge in [-0.05, 0) is 44.0 Å². The molecule has 1 aromatic carbocycles. The normalized spacial score (nSPS) is 16.3. The molecule has 2 N–H and O–H groups in total. The first-order valence-electron chi connectivity index (χ1n) is 8.93. The van der Waals surface area contributed by atoms with Crippen molar-refractivity contribution in [2.45, 2.75) is 46.4 Å². The molecule has 3 aromatic rings. The van der Waals surface area contributed by atoms with E-state index in [-0.39, 0.29) is 0 Å². The van der Waals surface area contributed by atoms with Gasteiger partial charge in [0.2, 0.25) is 0 Å². The van der Waals surface area contributed by atoms with Crippen LogP contribution < -0.4 is 0 Å². The molecule has 0 fully saturated rings. The van der Waals surface area contributed by atoms with Crippen molar-refractivity contribution in [3.8, 4) is 0 Å². The fourth-order valence-electron chi connectivity index (χ4n) is 3.48. The number of aliphatic hydroxyl groups is 1. The zero-order valence-electron chi connectivity index (χ0n) is 15.1. The molecule has 0 spiro atoms. The number of aromatic nitrogens is 4. The second-order valence-corrected chi connectivity index (χ2v) is 7.07. The van der Waals surface area contributed by atoms with E-state index in [9.17, 15) is 5.11 Å². The molecule has 2 aromatic heterocycles. The van der Waals surface area contributed by atoms with E-state index in [1.54, 1.807) is 6.92 Å². The van der Waals surface area contributed by atoms with Crippen molar-refractivity contribution < 1.29 is 5.11 Å². The van der Waals surface area contributed by atoms with Crippen LogP contribution in [0.25, 0.3) is 11.0 Å². The monoisotopic (exact) mass is 339 g/mol. The van der Waals surface area contributed by atoms with E-state index in [4.69, 9.17) is 4.98 Å². The van der Waals surface area contributed by atoms with Gasteiger partial charge in [0, 0.05) is 26.1 Å². The van der Waals surface area contributed by atoms with Crippen LogP contribution in [0.5, 0.6) is 0 Å². The maximum atomic E-state index is 9.70. The van der Waals surface area contributed by atoms with Gasteiger partial charge in [0.1, 0.15) is 5.82 Å². The van der Waals surface area contributed by atoms with E-state index < -0.39 is 6.10 Å². The summed E-state index contributed by atoms with van der Waals surface area (Å²) >= 11 is 0. The summed E-state index contributed by atoms with van der Waals surface area (Å²) in [6.07, 6.45) is 0.402. The second-order valence-electron chi connectivity index (χ2n) is 7.07. The maximum Gasteiger partial charge on any atom is 0.108 e. The van der Waals surface area contributed by atoms with Crippen molar-refractivity contribution in [1.82, 2.24) is 24.6 Å². The molecule has 0 saturated carbocycles. The van der Waals surface area contributed by atoms with Gasteiger partial charge in [0.25, 0.3) is 0 Å². The van der Waals surface area contributed by atoms with E-state index in [0.29, 0.717) is 0 Å². The van der Waals surface area contributed by atoms with E-state index in [0.717, 1.165) is 55.2 Å². The van der Waals surface area contributed by atoms with E-state index in [2.05, 4.69) is 41.0 Å². The third-order valence-corrected chi connectivity index (χ3v) is 5.22. The molecule has 0 saturated heterocycles. The lowest BCUT2D eigenvalue weighted by atomic mass is 10.1. The van der Waals surface area contributed by atoms with Gasteiger partial charge in [-0.3, -0.25) is 9.58 Å². The number of aromatic amines is 1. The van der Waals surface area contributed by atoms with Crippen LogP contribution in [0.4, 0.5) is 0 Å². The maximum absolute atomic E-state index is 9.70. The number of hydrogen-bond acceptors (Lipinski definition) is 4. The molecule has 1 aliphatic heterocycles. The minimum absolute atomic E-state index is 0.506. The van der Waals surface area contributed by atoms with Gasteiger partial charge in [0.05, 0.1) is 35.1 Å². The summed E-state index contributed by atoms with van der Waals surface area (Å²) in [7, 11) is 0. The number of benzene rings is 1. The first-order chi connectivity index (χ1) is 12.0. The Morgan fingerprint density at radius 3 is 2.92 bits per heavy atom. The van der Waals surface area contributed by atoms with Crippen LogP contribution >= 0.6 is 0 Å². The summed E-state index contributed by atoms with van der Waals surface area (Å²) in [5, 5.41) is 14.2. The van der Waals surface area contributed by atoms with Crippen molar-refractivity contribution in [3.63, 3.8) is 0 Å². The van der Waals surface area contributed by atoms with E-state index in [1.807, 2.05) is 10.7 Å². The number of H-pyrrole nitrogens is 1. The first kappa shape index (κ1) is 16.3. The summed E-state index contributed by atoms with van der Waals surface area (Å²) < 4.78 is 2.02. The summed E-state index contributed by atoms with van der Waals surface area (Å²) in [4.78, 5) is 10.7. The highest BCUT2D eigenvalue weighted by molar-refractivity contribution is 5.79. The molecule has 132 valence electrons. The Labute approximate surface area is 147 Å². The smallest absolute Gasteiger partial charge is 0.108 e. The zero-order valence-corrected chi connectivity index (χ0v) is 15.1. The van der Waals surface area contributed by atoms with Crippen molar-refractivity contribution in [1.29, 1.82) is 0 Å². The topological polar surface area (TPSA) is 70.0 Å². The molecular formula is C19H25N5O. The number of aliphatic hydroxyl groups excluding tert-OH is 1. The lowest BCUT2D eigenvalue weighted by Gasteiger charge is -2.27. The lowest BCUT2D eigenvalue weighted by Crippen LogP contribution is -2.35. The van der Waals surface area contributed by atoms with Crippen LogP contribution in [0, 0.1) is 13.8 Å². The Balaban J connectivity index is 1.44. The van der Waals surface area contributed by atoms with Crippen LogP contribution in [0.2, 0.25) is 0 Å². The number of fused-ring (bicyclic) bond motifs is 2. The Bertz CT molecular complexity index is 908. The number of hydrogen-bond donors (Lipinski definition) is 2. The largest absolute Gasteiger partial charge is 0.387 e. The van der Waals surface area contributed by atoms with Crippen LogP contribution in [-0.4, -0.2) is 42.8 Å². The second kappa shape index (κ2) is 6.28. The molecule has 1 atom stereocenters. The van der Waals surface area contributed by atoms with E-state index in [1.165, 1.54) is 16.8 Å². The molecule has 25 heavy (non-hydrogen) atoms. The average molecular weight is 339 g/mol. The van der Waals surface area contributed by atoms with Gasteiger partial charge < -0.3 is 10.1 Å². The number of imidazole rings is 1. The zero-order chi connectivity index (χ0) is 17.6. The van der Waals surface area contributed by atoms with Gasteiger partial charge in [0.15, 0.2) is 0 Å². The van der Waals surface area contributed by atoms with Crippen molar-refractivity contribution in [3.05, 3.63) is 46.5 Å². The molecule has 3 heterocycles. The number of rotatable bonds is 4. The number of nitrogens with zero attached hydrogens (tertiary/aromatic N) is 4. The number of nitrogens with one attached hydrogen (secondary N) is 1. The standard InChI is InChI=1S/C19H25N5O/c1-12-4-5-16-19(13(12)2)21-18(20-16)6-7-23-8-9-24-15(11-23)10-17(22-24)14(3)25/h4-5,10,14,25H,6-9,11H2,1-3H3,(H,20,21). The first-order valence-corrected chi connectivity index (χ1v) is 8.93. The summed E-state index contributed by atoms with van der Waals surface area (Å²) in [5.41, 5.74) is 6.69. The Kier molecular flexibility index (Phi) is 4.09. The Morgan fingerprint density at radius 2 is 2.12 bits per heavy atom. The van der Waals surface area contributed by atoms with Crippen LogP contribution in [0.15, 0.2) is 18.2 Å². The SMILES string of the molecule is Cc1ccc2[nH]c(CCN3CCn4nc(C(C)O)cc4C3)nc2c1C. The molecule has 6 heteroatoms. The van der Waals surface area contributed by atoms with Crippen LogP contribution in [0.1, 0.15) is 41.4 Å². The van der Waals surface area contributed by atoms with Gasteiger partial charge in [-0.2, -0.15) is 5.10 Å². The molecule has 0 amide bonds. The summed E-state index contributed by atoms with van der Waals surface area (Å²) in [6, 6.07) is 6.28. The Hall–Kier alpha value is -2.18. The highest BCUT2D eigenvalue weighted by Gasteiger charge is 2.20.